The lowest BCUT2D eigenvalue weighted by molar-refractivity contribution is 0.0494. The summed E-state index contributed by atoms with van der Waals surface area (Å²) in [5, 5.41) is -0.296. The third kappa shape index (κ3) is 5.66. The molecule has 1 rings (SSSR count). The first-order valence-corrected chi connectivity index (χ1v) is 9.30. The van der Waals surface area contributed by atoms with Gasteiger partial charge < -0.3 is 4.74 Å². The van der Waals surface area contributed by atoms with Gasteiger partial charge in [0.1, 0.15) is 4.90 Å². The lowest BCUT2D eigenvalue weighted by Gasteiger charge is -2.09. The molecule has 0 bridgehead atoms. The Bertz CT molecular complexity index is 627. The van der Waals surface area contributed by atoms with Crippen LogP contribution >= 0.6 is 33.9 Å². The van der Waals surface area contributed by atoms with Crippen molar-refractivity contribution in [3.05, 3.63) is 27.7 Å². The minimum absolute atomic E-state index is 0.00632. The van der Waals surface area contributed by atoms with Crippen LogP contribution in [0.15, 0.2) is 17.0 Å². The van der Waals surface area contributed by atoms with Gasteiger partial charge in [-0.3, -0.25) is 0 Å². The van der Waals surface area contributed by atoms with Crippen molar-refractivity contribution in [2.24, 2.45) is 5.92 Å². The maximum atomic E-state index is 11.9. The fourth-order valence-corrected chi connectivity index (χ4v) is 3.36. The van der Waals surface area contributed by atoms with Gasteiger partial charge in [0.25, 0.3) is 9.05 Å². The van der Waals surface area contributed by atoms with Gasteiger partial charge in [0.15, 0.2) is 0 Å². The molecule has 0 aliphatic carbocycles. The second-order valence-corrected chi connectivity index (χ2v) is 8.20. The van der Waals surface area contributed by atoms with E-state index in [1.165, 1.54) is 6.07 Å². The minimum atomic E-state index is -4.10. The van der Waals surface area contributed by atoms with E-state index in [0.29, 0.717) is 5.92 Å². The van der Waals surface area contributed by atoms with Crippen molar-refractivity contribution in [1.82, 2.24) is 0 Å². The summed E-state index contributed by atoms with van der Waals surface area (Å²) in [7, 11) is 1.15. The molecule has 0 fully saturated rings. The summed E-state index contributed by atoms with van der Waals surface area (Å²) in [6.45, 7) is 4.39. The van der Waals surface area contributed by atoms with Crippen LogP contribution in [0.3, 0.4) is 0 Å². The molecule has 0 unspecified atom stereocenters. The van der Waals surface area contributed by atoms with Crippen LogP contribution in [0.5, 0.6) is 0 Å². The molecule has 0 amide bonds. The van der Waals surface area contributed by atoms with Gasteiger partial charge in [-0.1, -0.05) is 37.0 Å². The quantitative estimate of drug-likeness (QED) is 0.418. The van der Waals surface area contributed by atoms with Gasteiger partial charge in [-0.25, -0.2) is 13.2 Å². The molecule has 1 aromatic rings. The molecule has 0 saturated carbocycles. The maximum absolute atomic E-state index is 11.9. The molecular weight excluding hydrogens is 359 g/mol. The van der Waals surface area contributed by atoms with Crippen LogP contribution in [0.1, 0.15) is 37.0 Å². The van der Waals surface area contributed by atoms with Crippen molar-refractivity contribution in [2.75, 3.05) is 6.61 Å². The van der Waals surface area contributed by atoms with E-state index >= 15 is 0 Å². The van der Waals surface area contributed by atoms with Gasteiger partial charge in [-0.05, 0) is 30.9 Å². The number of esters is 1. The first-order valence-electron chi connectivity index (χ1n) is 6.23. The Labute approximate surface area is 138 Å². The second kappa shape index (κ2) is 7.68. The molecule has 0 saturated heterocycles. The zero-order chi connectivity index (χ0) is 16.2. The Morgan fingerprint density at radius 1 is 1.29 bits per heavy atom. The van der Waals surface area contributed by atoms with E-state index in [9.17, 15) is 13.2 Å². The van der Waals surface area contributed by atoms with Gasteiger partial charge in [0.05, 0.1) is 22.2 Å². The van der Waals surface area contributed by atoms with Crippen LogP contribution in [0.4, 0.5) is 0 Å². The smallest absolute Gasteiger partial charge is 0.338 e. The van der Waals surface area contributed by atoms with E-state index in [0.717, 1.165) is 18.9 Å². The van der Waals surface area contributed by atoms with Gasteiger partial charge >= 0.3 is 5.97 Å². The first-order chi connectivity index (χ1) is 9.62. The minimum Gasteiger partial charge on any atom is -0.462 e. The standard InChI is InChI=1S/C13H15Cl3O4S/c1-8(2)4-3-5-20-13(17)9-6-10(14)12(15)11(7-9)21(16,18)19/h6-8H,3-5H2,1-2H3. The van der Waals surface area contributed by atoms with Crippen LogP contribution in [-0.2, 0) is 13.8 Å². The third-order valence-electron chi connectivity index (χ3n) is 2.65. The average Bonchev–Trinajstić information content (AvgIpc) is 2.35. The predicted molar refractivity (Wildman–Crippen MR) is 83.9 cm³/mol. The van der Waals surface area contributed by atoms with E-state index in [2.05, 4.69) is 13.8 Å². The van der Waals surface area contributed by atoms with Gasteiger partial charge in [-0.15, -0.1) is 0 Å². The normalized spacial score (nSPS) is 11.7. The summed E-state index contributed by atoms with van der Waals surface area (Å²) in [4.78, 5) is 11.5. The number of carbonyl (C=O) groups is 1. The molecule has 1 aromatic carbocycles. The Morgan fingerprint density at radius 3 is 2.43 bits per heavy atom. The van der Waals surface area contributed by atoms with Crippen LogP contribution in [0.2, 0.25) is 10.0 Å². The van der Waals surface area contributed by atoms with Crippen molar-refractivity contribution >= 4 is 48.9 Å². The molecular formula is C13H15Cl3O4S. The molecule has 0 radical (unpaired) electrons. The lowest BCUT2D eigenvalue weighted by atomic mass is 10.1. The van der Waals surface area contributed by atoms with Crippen molar-refractivity contribution in [2.45, 2.75) is 31.6 Å². The Kier molecular flexibility index (Phi) is 6.78. The van der Waals surface area contributed by atoms with Crippen molar-refractivity contribution < 1.29 is 17.9 Å². The van der Waals surface area contributed by atoms with Gasteiger partial charge in [0, 0.05) is 10.7 Å². The maximum Gasteiger partial charge on any atom is 0.338 e. The Hall–Kier alpha value is -0.490. The van der Waals surface area contributed by atoms with Crippen molar-refractivity contribution in [3.8, 4) is 0 Å². The number of ether oxygens (including phenoxy) is 1. The zero-order valence-corrected chi connectivity index (χ0v) is 14.6. The van der Waals surface area contributed by atoms with E-state index in [4.69, 9.17) is 38.6 Å². The summed E-state index contributed by atoms with van der Waals surface area (Å²) in [6.07, 6.45) is 1.65. The fraction of sp³-hybridized carbons (Fsp3) is 0.462. The molecule has 0 spiro atoms. The molecule has 21 heavy (non-hydrogen) atoms. The number of rotatable bonds is 6. The molecule has 0 N–H and O–H groups in total. The molecule has 0 atom stereocenters. The molecule has 0 aliphatic heterocycles. The largest absolute Gasteiger partial charge is 0.462 e. The highest BCUT2D eigenvalue weighted by Gasteiger charge is 2.21. The summed E-state index contributed by atoms with van der Waals surface area (Å²) >= 11 is 11.6. The second-order valence-electron chi connectivity index (χ2n) is 4.88. The lowest BCUT2D eigenvalue weighted by Crippen LogP contribution is -2.08. The molecule has 8 heteroatoms. The molecule has 0 aliphatic rings. The summed E-state index contributed by atoms with van der Waals surface area (Å²) in [5.41, 5.74) is -0.00632. The summed E-state index contributed by atoms with van der Waals surface area (Å²) < 4.78 is 27.8. The fourth-order valence-electron chi connectivity index (χ4n) is 1.60. The summed E-state index contributed by atoms with van der Waals surface area (Å²) in [6, 6.07) is 2.31. The van der Waals surface area contributed by atoms with Crippen molar-refractivity contribution in [3.63, 3.8) is 0 Å². The molecule has 0 heterocycles. The zero-order valence-electron chi connectivity index (χ0n) is 11.5. The number of hydrogen-bond donors (Lipinski definition) is 0. The number of carbonyl (C=O) groups excluding carboxylic acids is 1. The number of benzene rings is 1. The van der Waals surface area contributed by atoms with E-state index < -0.39 is 19.9 Å². The topological polar surface area (TPSA) is 60.4 Å². The van der Waals surface area contributed by atoms with E-state index in [1.807, 2.05) is 0 Å². The molecule has 4 nitrogen and oxygen atoms in total. The Balaban J connectivity index is 2.89. The van der Waals surface area contributed by atoms with Crippen LogP contribution in [0.25, 0.3) is 0 Å². The first kappa shape index (κ1) is 18.6. The highest BCUT2D eigenvalue weighted by Crippen LogP contribution is 2.33. The summed E-state index contributed by atoms with van der Waals surface area (Å²) in [5.74, 6) is -0.152. The Morgan fingerprint density at radius 2 is 1.90 bits per heavy atom. The van der Waals surface area contributed by atoms with Crippen LogP contribution < -0.4 is 0 Å². The number of halogens is 3. The average molecular weight is 374 g/mol. The van der Waals surface area contributed by atoms with E-state index in [-0.39, 0.29) is 22.2 Å². The highest BCUT2D eigenvalue weighted by atomic mass is 35.7. The number of hydrogen-bond acceptors (Lipinski definition) is 4. The SMILES string of the molecule is CC(C)CCCOC(=O)c1cc(Cl)c(Cl)c(S(=O)(=O)Cl)c1. The highest BCUT2D eigenvalue weighted by molar-refractivity contribution is 8.13. The molecule has 0 aromatic heterocycles. The predicted octanol–water partition coefficient (Wildman–Crippen LogP) is 4.51. The van der Waals surface area contributed by atoms with Gasteiger partial charge in [0.2, 0.25) is 0 Å². The van der Waals surface area contributed by atoms with Crippen molar-refractivity contribution in [1.29, 1.82) is 0 Å². The van der Waals surface area contributed by atoms with E-state index in [1.54, 1.807) is 0 Å². The van der Waals surface area contributed by atoms with Crippen LogP contribution in [0, 0.1) is 5.92 Å². The molecule has 118 valence electrons. The van der Waals surface area contributed by atoms with Gasteiger partial charge in [-0.2, -0.15) is 0 Å². The third-order valence-corrected chi connectivity index (χ3v) is 4.91. The monoisotopic (exact) mass is 372 g/mol. The van der Waals surface area contributed by atoms with Crippen LogP contribution in [-0.4, -0.2) is 21.0 Å².